The first-order chi connectivity index (χ1) is 9.11. The lowest BCUT2D eigenvalue weighted by molar-refractivity contribution is 0.0508. The van der Waals surface area contributed by atoms with Crippen LogP contribution >= 0.6 is 0 Å². The molecule has 0 bridgehead atoms. The van der Waals surface area contributed by atoms with Crippen molar-refractivity contribution >= 4 is 5.97 Å². The summed E-state index contributed by atoms with van der Waals surface area (Å²) < 4.78 is 10.1. The molecule has 106 valence electrons. The van der Waals surface area contributed by atoms with E-state index < -0.39 is 5.97 Å². The van der Waals surface area contributed by atoms with E-state index in [0.717, 1.165) is 25.7 Å². The quantitative estimate of drug-likeness (QED) is 0.834. The summed E-state index contributed by atoms with van der Waals surface area (Å²) in [5, 5.41) is 3.71. The van der Waals surface area contributed by atoms with Gasteiger partial charge in [0.15, 0.2) is 0 Å². The van der Waals surface area contributed by atoms with Crippen LogP contribution in [0.3, 0.4) is 0 Å². The smallest absolute Gasteiger partial charge is 0.379 e. The molecule has 0 radical (unpaired) electrons. The maximum Gasteiger partial charge on any atom is 0.379 e. The van der Waals surface area contributed by atoms with Gasteiger partial charge < -0.3 is 15.0 Å². The van der Waals surface area contributed by atoms with Crippen LogP contribution in [0.25, 0.3) is 0 Å². The number of aromatic nitrogens is 2. The fraction of sp³-hybridized carbons (Fsp3) is 0.769. The standard InChI is InChI=1S/C13H21N3O3/c1-3-18-11(17)10-15-12(19-16-10)13(8-14)6-4-9(2)5-7-13/h9H,3-8,14H2,1-2H3. The van der Waals surface area contributed by atoms with E-state index in [1.807, 2.05) is 0 Å². The molecule has 1 aromatic rings. The zero-order valence-electron chi connectivity index (χ0n) is 11.5. The van der Waals surface area contributed by atoms with E-state index in [1.54, 1.807) is 6.92 Å². The van der Waals surface area contributed by atoms with E-state index in [4.69, 9.17) is 15.0 Å². The Kier molecular flexibility index (Phi) is 4.19. The minimum Gasteiger partial charge on any atom is -0.460 e. The second-order valence-corrected chi connectivity index (χ2v) is 5.31. The van der Waals surface area contributed by atoms with Gasteiger partial charge in [-0.05, 0) is 43.7 Å². The third-order valence-corrected chi connectivity index (χ3v) is 3.96. The van der Waals surface area contributed by atoms with Gasteiger partial charge in [0.2, 0.25) is 5.89 Å². The predicted molar refractivity (Wildman–Crippen MR) is 68.6 cm³/mol. The molecule has 2 rings (SSSR count). The Balaban J connectivity index is 2.18. The molecular weight excluding hydrogens is 246 g/mol. The lowest BCUT2D eigenvalue weighted by Gasteiger charge is -2.35. The zero-order chi connectivity index (χ0) is 13.9. The number of hydrogen-bond acceptors (Lipinski definition) is 6. The minimum absolute atomic E-state index is 0.0108. The number of nitrogens with zero attached hydrogens (tertiary/aromatic N) is 2. The van der Waals surface area contributed by atoms with Crippen molar-refractivity contribution in [1.29, 1.82) is 0 Å². The molecule has 1 aliphatic rings. The minimum atomic E-state index is -0.547. The van der Waals surface area contributed by atoms with Gasteiger partial charge in [-0.2, -0.15) is 4.98 Å². The zero-order valence-corrected chi connectivity index (χ0v) is 11.5. The first kappa shape index (κ1) is 14.0. The highest BCUT2D eigenvalue weighted by molar-refractivity contribution is 5.84. The van der Waals surface area contributed by atoms with Crippen LogP contribution in [-0.4, -0.2) is 29.3 Å². The SMILES string of the molecule is CCOC(=O)c1noc(C2(CN)CCC(C)CC2)n1. The van der Waals surface area contributed by atoms with Gasteiger partial charge >= 0.3 is 5.97 Å². The van der Waals surface area contributed by atoms with E-state index >= 15 is 0 Å². The van der Waals surface area contributed by atoms with Crippen LogP contribution in [0.1, 0.15) is 56.0 Å². The molecule has 0 aliphatic heterocycles. The number of rotatable bonds is 4. The summed E-state index contributed by atoms with van der Waals surface area (Å²) in [6, 6.07) is 0. The highest BCUT2D eigenvalue weighted by Gasteiger charge is 2.40. The van der Waals surface area contributed by atoms with E-state index in [1.165, 1.54) is 0 Å². The maximum atomic E-state index is 11.5. The average molecular weight is 267 g/mol. The molecule has 0 atom stereocenters. The van der Waals surface area contributed by atoms with Crippen molar-refractivity contribution in [1.82, 2.24) is 10.1 Å². The summed E-state index contributed by atoms with van der Waals surface area (Å²) in [6.45, 7) is 4.73. The van der Waals surface area contributed by atoms with Gasteiger partial charge in [-0.1, -0.05) is 6.92 Å². The Bertz CT molecular complexity index is 436. The number of nitrogens with two attached hydrogens (primary N) is 1. The third-order valence-electron chi connectivity index (χ3n) is 3.96. The Morgan fingerprint density at radius 2 is 2.21 bits per heavy atom. The Labute approximate surface area is 112 Å². The summed E-state index contributed by atoms with van der Waals surface area (Å²) in [7, 11) is 0. The maximum absolute atomic E-state index is 11.5. The number of esters is 1. The Morgan fingerprint density at radius 1 is 1.53 bits per heavy atom. The van der Waals surface area contributed by atoms with Gasteiger partial charge in [-0.3, -0.25) is 0 Å². The fourth-order valence-electron chi connectivity index (χ4n) is 2.54. The van der Waals surface area contributed by atoms with Crippen LogP contribution in [0.5, 0.6) is 0 Å². The van der Waals surface area contributed by atoms with Crippen molar-refractivity contribution in [3.8, 4) is 0 Å². The van der Waals surface area contributed by atoms with Crippen molar-refractivity contribution in [2.45, 2.75) is 44.9 Å². The molecule has 1 heterocycles. The van der Waals surface area contributed by atoms with Gasteiger partial charge in [-0.15, -0.1) is 0 Å². The normalized spacial score (nSPS) is 27.2. The van der Waals surface area contributed by atoms with Gasteiger partial charge in [0.1, 0.15) is 0 Å². The molecule has 2 N–H and O–H groups in total. The van der Waals surface area contributed by atoms with E-state index in [9.17, 15) is 4.79 Å². The predicted octanol–water partition coefficient (Wildman–Crippen LogP) is 1.65. The molecule has 1 aliphatic carbocycles. The average Bonchev–Trinajstić information content (AvgIpc) is 2.91. The summed E-state index contributed by atoms with van der Waals surface area (Å²) in [6.07, 6.45) is 4.03. The molecule has 1 fully saturated rings. The van der Waals surface area contributed by atoms with Gasteiger partial charge in [0.05, 0.1) is 12.0 Å². The Hall–Kier alpha value is -1.43. The highest BCUT2D eigenvalue weighted by Crippen LogP contribution is 2.39. The summed E-state index contributed by atoms with van der Waals surface area (Å²) in [5.41, 5.74) is 5.64. The van der Waals surface area contributed by atoms with Crippen LogP contribution in [0.15, 0.2) is 4.52 Å². The largest absolute Gasteiger partial charge is 0.460 e. The van der Waals surface area contributed by atoms with Crippen LogP contribution in [-0.2, 0) is 10.2 Å². The molecule has 1 saturated carbocycles. The number of ether oxygens (including phenoxy) is 1. The lowest BCUT2D eigenvalue weighted by atomic mass is 9.71. The molecule has 0 amide bonds. The molecule has 6 nitrogen and oxygen atoms in total. The van der Waals surface area contributed by atoms with Gasteiger partial charge in [0, 0.05) is 6.54 Å². The molecule has 0 unspecified atom stereocenters. The first-order valence-electron chi connectivity index (χ1n) is 6.82. The van der Waals surface area contributed by atoms with Crippen molar-refractivity contribution in [2.75, 3.05) is 13.2 Å². The van der Waals surface area contributed by atoms with Crippen molar-refractivity contribution in [3.63, 3.8) is 0 Å². The summed E-state index contributed by atoms with van der Waals surface area (Å²) in [4.78, 5) is 15.7. The number of carbonyl (C=O) groups excluding carboxylic acids is 1. The molecule has 6 heteroatoms. The number of hydrogen-bond donors (Lipinski definition) is 1. The van der Waals surface area contributed by atoms with Crippen LogP contribution < -0.4 is 5.73 Å². The van der Waals surface area contributed by atoms with Gasteiger partial charge in [0.25, 0.3) is 5.82 Å². The van der Waals surface area contributed by atoms with E-state index in [-0.39, 0.29) is 11.2 Å². The van der Waals surface area contributed by atoms with E-state index in [0.29, 0.717) is 25.0 Å². The number of carbonyl (C=O) groups is 1. The van der Waals surface area contributed by atoms with Crippen LogP contribution in [0.4, 0.5) is 0 Å². The summed E-state index contributed by atoms with van der Waals surface area (Å²) in [5.74, 6) is 0.620. The van der Waals surface area contributed by atoms with Gasteiger partial charge in [-0.25, -0.2) is 4.79 Å². The van der Waals surface area contributed by atoms with E-state index in [2.05, 4.69) is 17.1 Å². The Morgan fingerprint density at radius 3 is 2.79 bits per heavy atom. The summed E-state index contributed by atoms with van der Waals surface area (Å²) >= 11 is 0. The lowest BCUT2D eigenvalue weighted by Crippen LogP contribution is -2.39. The molecule has 0 saturated heterocycles. The first-order valence-corrected chi connectivity index (χ1v) is 6.82. The molecule has 19 heavy (non-hydrogen) atoms. The third kappa shape index (κ3) is 2.78. The second-order valence-electron chi connectivity index (χ2n) is 5.31. The molecule has 0 aromatic carbocycles. The van der Waals surface area contributed by atoms with Crippen molar-refractivity contribution in [3.05, 3.63) is 11.7 Å². The fourth-order valence-corrected chi connectivity index (χ4v) is 2.54. The molecular formula is C13H21N3O3. The van der Waals surface area contributed by atoms with Crippen LogP contribution in [0, 0.1) is 5.92 Å². The molecule has 1 aromatic heterocycles. The monoisotopic (exact) mass is 267 g/mol. The topological polar surface area (TPSA) is 91.2 Å². The highest BCUT2D eigenvalue weighted by atomic mass is 16.5. The second kappa shape index (κ2) is 5.69. The molecule has 0 spiro atoms. The van der Waals surface area contributed by atoms with Crippen molar-refractivity contribution in [2.24, 2.45) is 11.7 Å². The van der Waals surface area contributed by atoms with Crippen molar-refractivity contribution < 1.29 is 14.1 Å². The van der Waals surface area contributed by atoms with Crippen LogP contribution in [0.2, 0.25) is 0 Å².